The molecule has 3 aromatic rings. The minimum Gasteiger partial charge on any atom is -0.489 e. The lowest BCUT2D eigenvalue weighted by Gasteiger charge is -2.44. The average Bonchev–Trinajstić information content (AvgIpc) is 3.11. The maximum Gasteiger partial charge on any atom is 0.303 e. The number of nitrogens with one attached hydrogen (secondary N) is 1. The van der Waals surface area contributed by atoms with Crippen LogP contribution in [0.3, 0.4) is 0 Å². The first kappa shape index (κ1) is 37.5. The molecule has 280 valence electrons. The zero-order valence-electron chi connectivity index (χ0n) is 30.3. The Bertz CT molecular complexity index is 2210. The molecule has 0 saturated carbocycles. The van der Waals surface area contributed by atoms with Crippen molar-refractivity contribution in [3.05, 3.63) is 106 Å². The SMILES string of the molecule is CC(=O)N[C@H]1[C@H](Oc2ccc(COc3ccc4oc5cc(=O)ccc-5c(-c5ccccc5C)c4c3)cc2)O[C@H](COC(C)=O)[C@@H](OC(C)=O)[C@@H]1OC(C)=O. The van der Waals surface area contributed by atoms with Crippen molar-refractivity contribution < 1.29 is 52.0 Å². The highest BCUT2D eigenvalue weighted by atomic mass is 16.7. The number of carbonyl (C=O) groups is 4. The number of hydrogen-bond acceptors (Lipinski definition) is 12. The predicted octanol–water partition coefficient (Wildman–Crippen LogP) is 5.49. The monoisotopic (exact) mass is 737 g/mol. The molecule has 2 heterocycles. The van der Waals surface area contributed by atoms with Gasteiger partial charge < -0.3 is 38.2 Å². The molecule has 54 heavy (non-hydrogen) atoms. The second-order valence-corrected chi connectivity index (χ2v) is 12.9. The number of carbonyl (C=O) groups excluding carboxylic acids is 4. The normalized spacial score (nSPS) is 19.5. The molecule has 2 aliphatic heterocycles. The fourth-order valence-electron chi connectivity index (χ4n) is 6.44. The van der Waals surface area contributed by atoms with Gasteiger partial charge in [0.05, 0.1) is 0 Å². The standard InChI is InChI=1S/C41H39NO12/c1-22-8-6-7-9-31(22)37-32-16-12-28(47)18-35(32)53-34-17-15-30(19-33(34)37)49-20-27-10-13-29(14-11-27)52-41-38(42-23(2)43)40(51-26(5)46)39(50-25(4)45)36(54-41)21-48-24(3)44/h6-19,36,38-41H,20-21H2,1-5H3,(H,42,43)/t36-,38-,39-,40-,41-/m1/s1. The van der Waals surface area contributed by atoms with E-state index in [-0.39, 0.29) is 18.6 Å². The zero-order valence-corrected chi connectivity index (χ0v) is 30.3. The molecule has 0 bridgehead atoms. The largest absolute Gasteiger partial charge is 0.489 e. The summed E-state index contributed by atoms with van der Waals surface area (Å²) in [6.45, 7) is 6.70. The van der Waals surface area contributed by atoms with Gasteiger partial charge >= 0.3 is 17.9 Å². The Morgan fingerprint density at radius 3 is 2.15 bits per heavy atom. The van der Waals surface area contributed by atoms with Gasteiger partial charge in [-0.05, 0) is 66.1 Å². The van der Waals surface area contributed by atoms with Crippen LogP contribution in [-0.4, -0.2) is 61.1 Å². The van der Waals surface area contributed by atoms with Crippen LogP contribution < -0.4 is 20.2 Å². The van der Waals surface area contributed by atoms with Crippen LogP contribution in [-0.2, 0) is 44.7 Å². The summed E-state index contributed by atoms with van der Waals surface area (Å²) in [7, 11) is 0. The van der Waals surface area contributed by atoms with Crippen molar-refractivity contribution in [2.75, 3.05) is 6.61 Å². The molecule has 0 radical (unpaired) electrons. The summed E-state index contributed by atoms with van der Waals surface area (Å²) < 4.78 is 40.8. The van der Waals surface area contributed by atoms with Crippen LogP contribution in [0.2, 0.25) is 0 Å². The van der Waals surface area contributed by atoms with Gasteiger partial charge in [-0.3, -0.25) is 24.0 Å². The molecule has 0 unspecified atom stereocenters. The number of rotatable bonds is 11. The molecular formula is C41H39NO12. The third kappa shape index (κ3) is 8.69. The van der Waals surface area contributed by atoms with Crippen molar-refractivity contribution >= 4 is 34.8 Å². The van der Waals surface area contributed by atoms with Crippen LogP contribution in [0.25, 0.3) is 33.4 Å². The number of amides is 1. The molecule has 1 saturated heterocycles. The van der Waals surface area contributed by atoms with Crippen molar-refractivity contribution in [1.29, 1.82) is 0 Å². The molecule has 1 aliphatic carbocycles. The minimum absolute atomic E-state index is 0.140. The summed E-state index contributed by atoms with van der Waals surface area (Å²) in [5.74, 6) is -1.08. The van der Waals surface area contributed by atoms with Gasteiger partial charge in [-0.25, -0.2) is 0 Å². The third-order valence-corrected chi connectivity index (χ3v) is 8.73. The molecule has 0 aromatic heterocycles. The average molecular weight is 738 g/mol. The van der Waals surface area contributed by atoms with E-state index in [0.717, 1.165) is 33.2 Å². The molecule has 3 aliphatic rings. The number of esters is 3. The third-order valence-electron chi connectivity index (χ3n) is 8.73. The molecule has 3 aromatic carbocycles. The molecule has 5 atom stereocenters. The lowest BCUT2D eigenvalue weighted by molar-refractivity contribution is -0.257. The number of ether oxygens (including phenoxy) is 6. The highest BCUT2D eigenvalue weighted by Crippen LogP contribution is 2.42. The molecule has 1 N–H and O–H groups in total. The smallest absolute Gasteiger partial charge is 0.303 e. The number of hydrogen-bond donors (Lipinski definition) is 1. The highest BCUT2D eigenvalue weighted by Gasteiger charge is 2.52. The molecule has 13 nitrogen and oxygen atoms in total. The van der Waals surface area contributed by atoms with E-state index < -0.39 is 54.5 Å². The fraction of sp³-hybridized carbons (Fsp3) is 0.293. The van der Waals surface area contributed by atoms with Crippen molar-refractivity contribution in [3.8, 4) is 33.9 Å². The number of aryl methyl sites for hydroxylation is 1. The lowest BCUT2D eigenvalue weighted by Crippen LogP contribution is -2.67. The summed E-state index contributed by atoms with van der Waals surface area (Å²) in [6, 6.07) is 24.2. The van der Waals surface area contributed by atoms with Crippen LogP contribution in [0.4, 0.5) is 0 Å². The van der Waals surface area contributed by atoms with Crippen molar-refractivity contribution in [2.24, 2.45) is 0 Å². The first-order valence-electron chi connectivity index (χ1n) is 17.2. The van der Waals surface area contributed by atoms with E-state index in [9.17, 15) is 24.0 Å². The van der Waals surface area contributed by atoms with E-state index >= 15 is 0 Å². The second-order valence-electron chi connectivity index (χ2n) is 12.9. The van der Waals surface area contributed by atoms with Crippen LogP contribution >= 0.6 is 0 Å². The van der Waals surface area contributed by atoms with Gasteiger partial charge in [-0.1, -0.05) is 36.4 Å². The van der Waals surface area contributed by atoms with Gasteiger partial charge in [-0.2, -0.15) is 0 Å². The Hall–Kier alpha value is -6.21. The Balaban J connectivity index is 1.23. The summed E-state index contributed by atoms with van der Waals surface area (Å²) in [5, 5.41) is 3.51. The van der Waals surface area contributed by atoms with E-state index in [1.54, 1.807) is 36.4 Å². The van der Waals surface area contributed by atoms with Gasteiger partial charge in [0, 0.05) is 50.3 Å². The number of fused-ring (bicyclic) bond motifs is 2. The molecule has 13 heteroatoms. The Labute approximate surface area is 310 Å². The lowest BCUT2D eigenvalue weighted by atomic mass is 9.91. The van der Waals surface area contributed by atoms with Crippen LogP contribution in [0.1, 0.15) is 38.8 Å². The first-order valence-corrected chi connectivity index (χ1v) is 17.2. The summed E-state index contributed by atoms with van der Waals surface area (Å²) >= 11 is 0. The van der Waals surface area contributed by atoms with Gasteiger partial charge in [-0.15, -0.1) is 0 Å². The van der Waals surface area contributed by atoms with E-state index in [4.69, 9.17) is 32.8 Å². The van der Waals surface area contributed by atoms with E-state index in [1.807, 2.05) is 43.3 Å². The minimum atomic E-state index is -1.26. The Morgan fingerprint density at radius 1 is 0.759 bits per heavy atom. The van der Waals surface area contributed by atoms with Crippen molar-refractivity contribution in [2.45, 2.75) is 71.9 Å². The molecular weight excluding hydrogens is 698 g/mol. The maximum atomic E-state index is 12.3. The Morgan fingerprint density at radius 2 is 1.46 bits per heavy atom. The van der Waals surface area contributed by atoms with Gasteiger partial charge in [0.1, 0.15) is 48.2 Å². The highest BCUT2D eigenvalue weighted by molar-refractivity contribution is 6.02. The van der Waals surface area contributed by atoms with Gasteiger partial charge in [0.15, 0.2) is 17.6 Å². The first-order chi connectivity index (χ1) is 25.9. The Kier molecular flexibility index (Phi) is 11.3. The van der Waals surface area contributed by atoms with Crippen molar-refractivity contribution in [1.82, 2.24) is 5.32 Å². The zero-order chi connectivity index (χ0) is 38.5. The van der Waals surface area contributed by atoms with Gasteiger partial charge in [0.2, 0.25) is 12.2 Å². The van der Waals surface area contributed by atoms with Crippen molar-refractivity contribution in [3.63, 3.8) is 0 Å². The quantitative estimate of drug-likeness (QED) is 0.103. The van der Waals surface area contributed by atoms with Crippen LogP contribution in [0.5, 0.6) is 11.5 Å². The van der Waals surface area contributed by atoms with Crippen LogP contribution in [0.15, 0.2) is 94.1 Å². The topological polar surface area (TPSA) is 166 Å². The predicted molar refractivity (Wildman–Crippen MR) is 195 cm³/mol. The summed E-state index contributed by atoms with van der Waals surface area (Å²) in [6.07, 6.45) is -4.84. The number of benzene rings is 4. The van der Waals surface area contributed by atoms with E-state index in [0.29, 0.717) is 22.8 Å². The summed E-state index contributed by atoms with van der Waals surface area (Å²) in [5.41, 5.74) is 5.09. The second kappa shape index (κ2) is 16.2. The molecule has 1 fully saturated rings. The molecule has 6 rings (SSSR count). The van der Waals surface area contributed by atoms with E-state index in [2.05, 4.69) is 5.32 Å². The van der Waals surface area contributed by atoms with Crippen LogP contribution in [0, 0.1) is 6.92 Å². The fourth-order valence-corrected chi connectivity index (χ4v) is 6.44. The molecule has 0 spiro atoms. The van der Waals surface area contributed by atoms with E-state index in [1.165, 1.54) is 39.8 Å². The van der Waals surface area contributed by atoms with Gasteiger partial charge in [0.25, 0.3) is 0 Å². The maximum absolute atomic E-state index is 12.3. The molecule has 1 amide bonds. The summed E-state index contributed by atoms with van der Waals surface area (Å²) in [4.78, 5) is 60.3.